The van der Waals surface area contributed by atoms with E-state index >= 15 is 0 Å². The van der Waals surface area contributed by atoms with Crippen LogP contribution < -0.4 is 10.1 Å². The SMILES string of the molecule is CCN(CC)C(=O)Oc1ccc(C(=O)Nc2cc(C)cc(C)c2)cc1. The molecule has 0 fully saturated rings. The summed E-state index contributed by atoms with van der Waals surface area (Å²) in [5.74, 6) is 0.214. The molecule has 0 radical (unpaired) electrons. The second kappa shape index (κ2) is 8.33. The molecular formula is C20H24N2O3. The largest absolute Gasteiger partial charge is 0.415 e. The van der Waals surface area contributed by atoms with Crippen molar-refractivity contribution in [3.05, 3.63) is 59.2 Å². The van der Waals surface area contributed by atoms with Crippen LogP contribution in [0.3, 0.4) is 0 Å². The lowest BCUT2D eigenvalue weighted by atomic mass is 10.1. The molecule has 0 bridgehead atoms. The molecule has 0 aliphatic rings. The number of ether oxygens (including phenoxy) is 1. The van der Waals surface area contributed by atoms with Crippen LogP contribution in [0.4, 0.5) is 10.5 Å². The molecule has 1 N–H and O–H groups in total. The zero-order chi connectivity index (χ0) is 18.4. The monoisotopic (exact) mass is 340 g/mol. The van der Waals surface area contributed by atoms with Gasteiger partial charge in [-0.25, -0.2) is 4.79 Å². The Labute approximate surface area is 148 Å². The highest BCUT2D eigenvalue weighted by Crippen LogP contribution is 2.17. The zero-order valence-electron chi connectivity index (χ0n) is 15.1. The van der Waals surface area contributed by atoms with Gasteiger partial charge >= 0.3 is 6.09 Å². The standard InChI is InChI=1S/C20H24N2O3/c1-5-22(6-2)20(24)25-18-9-7-16(8-10-18)19(23)21-17-12-14(3)11-15(4)13-17/h7-13H,5-6H2,1-4H3,(H,21,23). The van der Waals surface area contributed by atoms with Gasteiger partial charge < -0.3 is 15.0 Å². The molecule has 0 heterocycles. The van der Waals surface area contributed by atoms with Gasteiger partial charge in [0.15, 0.2) is 0 Å². The van der Waals surface area contributed by atoms with Gasteiger partial charge in [-0.1, -0.05) is 6.07 Å². The van der Waals surface area contributed by atoms with Crippen LogP contribution in [0.1, 0.15) is 35.3 Å². The Balaban J connectivity index is 2.03. The van der Waals surface area contributed by atoms with E-state index in [0.717, 1.165) is 16.8 Å². The number of hydrogen-bond donors (Lipinski definition) is 1. The fourth-order valence-electron chi connectivity index (χ4n) is 2.57. The van der Waals surface area contributed by atoms with Crippen LogP contribution in [0.2, 0.25) is 0 Å². The summed E-state index contributed by atoms with van der Waals surface area (Å²) >= 11 is 0. The van der Waals surface area contributed by atoms with Crippen molar-refractivity contribution < 1.29 is 14.3 Å². The molecule has 132 valence electrons. The third-order valence-electron chi connectivity index (χ3n) is 3.82. The van der Waals surface area contributed by atoms with Crippen LogP contribution in [0.15, 0.2) is 42.5 Å². The zero-order valence-corrected chi connectivity index (χ0v) is 15.1. The normalized spacial score (nSPS) is 10.2. The predicted molar refractivity (Wildman–Crippen MR) is 99.3 cm³/mol. The van der Waals surface area contributed by atoms with E-state index in [1.807, 2.05) is 39.8 Å². The Bertz CT molecular complexity index is 730. The Hall–Kier alpha value is -2.82. The molecule has 0 aliphatic carbocycles. The molecule has 0 unspecified atom stereocenters. The molecule has 0 saturated heterocycles. The van der Waals surface area contributed by atoms with Crippen LogP contribution in [-0.2, 0) is 0 Å². The van der Waals surface area contributed by atoms with Crippen molar-refractivity contribution in [3.8, 4) is 5.75 Å². The summed E-state index contributed by atoms with van der Waals surface area (Å²) in [7, 11) is 0. The highest BCUT2D eigenvalue weighted by Gasteiger charge is 2.13. The van der Waals surface area contributed by atoms with Crippen LogP contribution in [-0.4, -0.2) is 30.0 Å². The van der Waals surface area contributed by atoms with Gasteiger partial charge in [-0.2, -0.15) is 0 Å². The third-order valence-corrected chi connectivity index (χ3v) is 3.82. The Kier molecular flexibility index (Phi) is 6.17. The number of amides is 2. The van der Waals surface area contributed by atoms with E-state index in [2.05, 4.69) is 11.4 Å². The summed E-state index contributed by atoms with van der Waals surface area (Å²) in [6.45, 7) is 8.94. The maximum Gasteiger partial charge on any atom is 0.415 e. The van der Waals surface area contributed by atoms with E-state index in [-0.39, 0.29) is 5.91 Å². The second-order valence-corrected chi connectivity index (χ2v) is 5.90. The Morgan fingerprint density at radius 1 is 0.960 bits per heavy atom. The van der Waals surface area contributed by atoms with Crippen LogP contribution in [0.5, 0.6) is 5.75 Å². The fourth-order valence-corrected chi connectivity index (χ4v) is 2.57. The molecule has 25 heavy (non-hydrogen) atoms. The molecule has 2 aromatic carbocycles. The van der Waals surface area contributed by atoms with E-state index in [0.29, 0.717) is 24.4 Å². The molecular weight excluding hydrogens is 316 g/mol. The summed E-state index contributed by atoms with van der Waals surface area (Å²) < 4.78 is 5.30. The van der Waals surface area contributed by atoms with Crippen molar-refractivity contribution >= 4 is 17.7 Å². The maximum absolute atomic E-state index is 12.3. The number of nitrogens with one attached hydrogen (secondary N) is 1. The summed E-state index contributed by atoms with van der Waals surface area (Å²) in [5.41, 5.74) is 3.45. The van der Waals surface area contributed by atoms with Gasteiger partial charge in [-0.15, -0.1) is 0 Å². The van der Waals surface area contributed by atoms with Gasteiger partial charge in [0.05, 0.1) is 0 Å². The van der Waals surface area contributed by atoms with E-state index < -0.39 is 6.09 Å². The molecule has 0 atom stereocenters. The lowest BCUT2D eigenvalue weighted by Gasteiger charge is -2.17. The van der Waals surface area contributed by atoms with Crippen LogP contribution in [0.25, 0.3) is 0 Å². The van der Waals surface area contributed by atoms with E-state index in [4.69, 9.17) is 4.74 Å². The highest BCUT2D eigenvalue weighted by molar-refractivity contribution is 6.04. The van der Waals surface area contributed by atoms with E-state index in [1.54, 1.807) is 29.2 Å². The first-order chi connectivity index (χ1) is 11.9. The summed E-state index contributed by atoms with van der Waals surface area (Å²) in [4.78, 5) is 25.9. The minimum atomic E-state index is -0.391. The van der Waals surface area contributed by atoms with Gasteiger partial charge in [0.2, 0.25) is 0 Å². The highest BCUT2D eigenvalue weighted by atomic mass is 16.6. The summed E-state index contributed by atoms with van der Waals surface area (Å²) in [6, 6.07) is 12.4. The number of carbonyl (C=O) groups is 2. The molecule has 0 spiro atoms. The van der Waals surface area contributed by atoms with Gasteiger partial charge in [-0.05, 0) is 75.2 Å². The average molecular weight is 340 g/mol. The molecule has 5 nitrogen and oxygen atoms in total. The minimum Gasteiger partial charge on any atom is -0.410 e. The number of benzene rings is 2. The molecule has 2 aromatic rings. The van der Waals surface area contributed by atoms with Crippen molar-refractivity contribution in [1.82, 2.24) is 4.90 Å². The lowest BCUT2D eigenvalue weighted by Crippen LogP contribution is -2.33. The van der Waals surface area contributed by atoms with Crippen molar-refractivity contribution in [2.24, 2.45) is 0 Å². The van der Waals surface area contributed by atoms with Gasteiger partial charge in [0, 0.05) is 24.3 Å². The van der Waals surface area contributed by atoms with Crippen molar-refractivity contribution in [1.29, 1.82) is 0 Å². The number of rotatable bonds is 5. The first kappa shape index (κ1) is 18.5. The quantitative estimate of drug-likeness (QED) is 0.878. The smallest absolute Gasteiger partial charge is 0.410 e. The van der Waals surface area contributed by atoms with Crippen LogP contribution >= 0.6 is 0 Å². The molecule has 0 aliphatic heterocycles. The van der Waals surface area contributed by atoms with Gasteiger partial charge in [0.1, 0.15) is 5.75 Å². The number of carbonyl (C=O) groups excluding carboxylic acids is 2. The Morgan fingerprint density at radius 2 is 1.52 bits per heavy atom. The number of aryl methyl sites for hydroxylation is 2. The number of anilines is 1. The molecule has 5 heteroatoms. The topological polar surface area (TPSA) is 58.6 Å². The molecule has 2 amide bonds. The second-order valence-electron chi connectivity index (χ2n) is 5.90. The first-order valence-electron chi connectivity index (χ1n) is 8.39. The first-order valence-corrected chi connectivity index (χ1v) is 8.39. The third kappa shape index (κ3) is 5.08. The minimum absolute atomic E-state index is 0.202. The van der Waals surface area contributed by atoms with Crippen molar-refractivity contribution in [3.63, 3.8) is 0 Å². The number of nitrogens with zero attached hydrogens (tertiary/aromatic N) is 1. The van der Waals surface area contributed by atoms with E-state index in [9.17, 15) is 9.59 Å². The molecule has 2 rings (SSSR count). The van der Waals surface area contributed by atoms with Gasteiger partial charge in [0.25, 0.3) is 5.91 Å². The van der Waals surface area contributed by atoms with E-state index in [1.165, 1.54) is 0 Å². The Morgan fingerprint density at radius 3 is 2.04 bits per heavy atom. The number of hydrogen-bond acceptors (Lipinski definition) is 3. The maximum atomic E-state index is 12.3. The molecule has 0 aromatic heterocycles. The van der Waals surface area contributed by atoms with Crippen molar-refractivity contribution in [2.75, 3.05) is 18.4 Å². The lowest BCUT2D eigenvalue weighted by molar-refractivity contribution is 0.102. The fraction of sp³-hybridized carbons (Fsp3) is 0.300. The van der Waals surface area contributed by atoms with Crippen molar-refractivity contribution in [2.45, 2.75) is 27.7 Å². The molecule has 0 saturated carbocycles. The van der Waals surface area contributed by atoms with Gasteiger partial charge in [-0.3, -0.25) is 4.79 Å². The predicted octanol–water partition coefficient (Wildman–Crippen LogP) is 4.40. The summed E-state index contributed by atoms with van der Waals surface area (Å²) in [6.07, 6.45) is -0.391. The average Bonchev–Trinajstić information content (AvgIpc) is 2.55. The summed E-state index contributed by atoms with van der Waals surface area (Å²) in [5, 5.41) is 2.88. The van der Waals surface area contributed by atoms with Crippen LogP contribution in [0, 0.1) is 13.8 Å².